The molecule has 1 N–H and O–H groups in total. The van der Waals surface area contributed by atoms with Gasteiger partial charge in [0.2, 0.25) is 0 Å². The molecular weight excluding hydrogens is 298 g/mol. The minimum atomic E-state index is 0.707. The number of benzene rings is 1. The number of rotatable bonds is 6. The first kappa shape index (κ1) is 16.4. The van der Waals surface area contributed by atoms with Crippen molar-refractivity contribution >= 4 is 17.6 Å². The van der Waals surface area contributed by atoms with Crippen LogP contribution >= 0.6 is 11.6 Å². The zero-order valence-electron chi connectivity index (χ0n) is 13.0. The van der Waals surface area contributed by atoms with Gasteiger partial charge >= 0.3 is 0 Å². The summed E-state index contributed by atoms with van der Waals surface area (Å²) in [5.41, 5.74) is 1.16. The highest BCUT2D eigenvalue weighted by Gasteiger charge is 2.06. The van der Waals surface area contributed by atoms with E-state index in [-0.39, 0.29) is 0 Å². The highest BCUT2D eigenvalue weighted by atomic mass is 35.5. The van der Waals surface area contributed by atoms with Crippen LogP contribution in [0.1, 0.15) is 12.5 Å². The molecule has 0 saturated heterocycles. The van der Waals surface area contributed by atoms with E-state index >= 15 is 0 Å². The third-order valence-corrected chi connectivity index (χ3v) is 3.42. The van der Waals surface area contributed by atoms with E-state index < -0.39 is 0 Å². The SMILES string of the molecule is CCNC(=NCCn1ccnc1)N(C)Cc1cccc(Cl)c1. The smallest absolute Gasteiger partial charge is 0.194 e. The first-order chi connectivity index (χ1) is 10.7. The fourth-order valence-electron chi connectivity index (χ4n) is 2.14. The lowest BCUT2D eigenvalue weighted by Gasteiger charge is -2.22. The van der Waals surface area contributed by atoms with E-state index in [1.165, 1.54) is 0 Å². The zero-order chi connectivity index (χ0) is 15.8. The van der Waals surface area contributed by atoms with Crippen molar-refractivity contribution in [1.29, 1.82) is 0 Å². The molecular formula is C16H22ClN5. The lowest BCUT2D eigenvalue weighted by Crippen LogP contribution is -2.38. The van der Waals surface area contributed by atoms with E-state index in [2.05, 4.69) is 33.2 Å². The van der Waals surface area contributed by atoms with E-state index in [1.807, 2.05) is 36.0 Å². The van der Waals surface area contributed by atoms with Gasteiger partial charge in [-0.05, 0) is 24.6 Å². The third-order valence-electron chi connectivity index (χ3n) is 3.18. The Labute approximate surface area is 136 Å². The van der Waals surface area contributed by atoms with Crippen LogP contribution in [0.15, 0.2) is 48.0 Å². The van der Waals surface area contributed by atoms with Crippen molar-refractivity contribution in [3.8, 4) is 0 Å². The molecule has 0 amide bonds. The first-order valence-electron chi connectivity index (χ1n) is 7.38. The molecule has 0 aliphatic heterocycles. The second-order valence-electron chi connectivity index (χ2n) is 5.02. The largest absolute Gasteiger partial charge is 0.357 e. The average molecular weight is 320 g/mol. The topological polar surface area (TPSA) is 45.5 Å². The summed E-state index contributed by atoms with van der Waals surface area (Å²) >= 11 is 6.04. The molecule has 2 rings (SSSR count). The molecule has 0 aliphatic carbocycles. The Bertz CT molecular complexity index is 594. The normalized spacial score (nSPS) is 11.5. The van der Waals surface area contributed by atoms with Gasteiger partial charge in [0.05, 0.1) is 12.9 Å². The number of aliphatic imine (C=N–C) groups is 1. The average Bonchev–Trinajstić information content (AvgIpc) is 2.99. The van der Waals surface area contributed by atoms with Gasteiger partial charge in [-0.2, -0.15) is 0 Å². The predicted molar refractivity (Wildman–Crippen MR) is 91.1 cm³/mol. The zero-order valence-corrected chi connectivity index (χ0v) is 13.8. The molecule has 5 nitrogen and oxygen atoms in total. The van der Waals surface area contributed by atoms with Crippen LogP contribution in [0.5, 0.6) is 0 Å². The maximum atomic E-state index is 6.04. The van der Waals surface area contributed by atoms with Crippen LogP contribution in [0, 0.1) is 0 Å². The van der Waals surface area contributed by atoms with Crippen LogP contribution in [0.3, 0.4) is 0 Å². The highest BCUT2D eigenvalue weighted by Crippen LogP contribution is 2.12. The first-order valence-corrected chi connectivity index (χ1v) is 7.76. The van der Waals surface area contributed by atoms with Gasteiger partial charge in [0, 0.05) is 44.1 Å². The van der Waals surface area contributed by atoms with Crippen molar-refractivity contribution in [3.05, 3.63) is 53.6 Å². The fourth-order valence-corrected chi connectivity index (χ4v) is 2.36. The molecule has 0 saturated carbocycles. The van der Waals surface area contributed by atoms with Crippen molar-refractivity contribution < 1.29 is 0 Å². The van der Waals surface area contributed by atoms with Crippen LogP contribution in [-0.2, 0) is 13.1 Å². The number of nitrogens with zero attached hydrogens (tertiary/aromatic N) is 4. The predicted octanol–water partition coefficient (Wildman–Crippen LogP) is 2.63. The van der Waals surface area contributed by atoms with Crippen LogP contribution in [0.25, 0.3) is 0 Å². The molecule has 2 aromatic rings. The Morgan fingerprint density at radius 1 is 1.45 bits per heavy atom. The number of guanidine groups is 1. The molecule has 118 valence electrons. The van der Waals surface area contributed by atoms with E-state index in [0.29, 0.717) is 6.54 Å². The summed E-state index contributed by atoms with van der Waals surface area (Å²) < 4.78 is 2.02. The van der Waals surface area contributed by atoms with Crippen LogP contribution in [0.2, 0.25) is 5.02 Å². The molecule has 6 heteroatoms. The van der Waals surface area contributed by atoms with Crippen molar-refractivity contribution in [2.45, 2.75) is 20.0 Å². The molecule has 0 aliphatic rings. The summed E-state index contributed by atoms with van der Waals surface area (Å²) in [6.07, 6.45) is 5.52. The van der Waals surface area contributed by atoms with Crippen molar-refractivity contribution in [2.24, 2.45) is 4.99 Å². The van der Waals surface area contributed by atoms with E-state index in [1.54, 1.807) is 12.5 Å². The molecule has 0 atom stereocenters. The van der Waals surface area contributed by atoms with Crippen LogP contribution in [-0.4, -0.2) is 40.5 Å². The fraction of sp³-hybridized carbons (Fsp3) is 0.375. The van der Waals surface area contributed by atoms with Gasteiger partial charge in [0.15, 0.2) is 5.96 Å². The number of aromatic nitrogens is 2. The van der Waals surface area contributed by atoms with E-state index in [4.69, 9.17) is 11.6 Å². The molecule has 0 fully saturated rings. The summed E-state index contributed by atoms with van der Waals surface area (Å²) in [4.78, 5) is 10.8. The number of hydrogen-bond acceptors (Lipinski definition) is 2. The number of halogens is 1. The van der Waals surface area contributed by atoms with E-state index in [9.17, 15) is 0 Å². The van der Waals surface area contributed by atoms with Gasteiger partial charge in [-0.3, -0.25) is 4.99 Å². The van der Waals surface area contributed by atoms with Crippen molar-refractivity contribution in [1.82, 2.24) is 19.8 Å². The van der Waals surface area contributed by atoms with Gasteiger partial charge in [0.25, 0.3) is 0 Å². The minimum absolute atomic E-state index is 0.707. The molecule has 1 aromatic heterocycles. The lowest BCUT2D eigenvalue weighted by molar-refractivity contribution is 0.475. The monoisotopic (exact) mass is 319 g/mol. The molecule has 0 radical (unpaired) electrons. The van der Waals surface area contributed by atoms with Gasteiger partial charge in [-0.15, -0.1) is 0 Å². The summed E-state index contributed by atoms with van der Waals surface area (Å²) in [7, 11) is 2.03. The lowest BCUT2D eigenvalue weighted by atomic mass is 10.2. The molecule has 0 unspecified atom stereocenters. The second kappa shape index (κ2) is 8.44. The minimum Gasteiger partial charge on any atom is -0.357 e. The Kier molecular flexibility index (Phi) is 6.27. The molecule has 0 spiro atoms. The van der Waals surface area contributed by atoms with Gasteiger partial charge in [-0.25, -0.2) is 4.98 Å². The summed E-state index contributed by atoms with van der Waals surface area (Å²) in [5, 5.41) is 4.07. The van der Waals surface area contributed by atoms with Crippen LogP contribution in [0.4, 0.5) is 0 Å². The molecule has 1 heterocycles. The number of hydrogen-bond donors (Lipinski definition) is 1. The maximum absolute atomic E-state index is 6.04. The molecule has 22 heavy (non-hydrogen) atoms. The molecule has 1 aromatic carbocycles. The Hall–Kier alpha value is -2.01. The standard InChI is InChI=1S/C16H22ClN5/c1-3-19-16(20-8-10-22-9-7-18-13-22)21(2)12-14-5-4-6-15(17)11-14/h4-7,9,11,13H,3,8,10,12H2,1-2H3,(H,19,20). The summed E-state index contributed by atoms with van der Waals surface area (Å²) in [6, 6.07) is 7.90. The summed E-state index contributed by atoms with van der Waals surface area (Å²) in [6.45, 7) is 5.19. The van der Waals surface area contributed by atoms with Crippen molar-refractivity contribution in [3.63, 3.8) is 0 Å². The number of imidazole rings is 1. The Morgan fingerprint density at radius 3 is 3.00 bits per heavy atom. The van der Waals surface area contributed by atoms with Gasteiger partial charge in [0.1, 0.15) is 0 Å². The highest BCUT2D eigenvalue weighted by molar-refractivity contribution is 6.30. The maximum Gasteiger partial charge on any atom is 0.194 e. The summed E-state index contributed by atoms with van der Waals surface area (Å²) in [5.74, 6) is 0.891. The van der Waals surface area contributed by atoms with Crippen LogP contribution < -0.4 is 5.32 Å². The van der Waals surface area contributed by atoms with Gasteiger partial charge < -0.3 is 14.8 Å². The quantitative estimate of drug-likeness (QED) is 0.657. The van der Waals surface area contributed by atoms with E-state index in [0.717, 1.165) is 36.2 Å². The molecule has 0 bridgehead atoms. The van der Waals surface area contributed by atoms with Gasteiger partial charge in [-0.1, -0.05) is 23.7 Å². The Balaban J connectivity index is 1.96. The third kappa shape index (κ3) is 5.07. The van der Waals surface area contributed by atoms with Crippen molar-refractivity contribution in [2.75, 3.05) is 20.1 Å². The second-order valence-corrected chi connectivity index (χ2v) is 5.46. The Morgan fingerprint density at radius 2 is 2.32 bits per heavy atom. The number of nitrogens with one attached hydrogen (secondary N) is 1.